The number of hydrogen-bond acceptors (Lipinski definition) is 3. The lowest BCUT2D eigenvalue weighted by atomic mass is 10.3. The van der Waals surface area contributed by atoms with Gasteiger partial charge in [-0.05, 0) is 6.42 Å². The SMILES string of the molecule is CCC1NCCN1CCO. The normalized spacial score (nSPS) is 27.6. The molecule has 1 aliphatic heterocycles. The molecule has 0 bridgehead atoms. The Balaban J connectivity index is 2.27. The van der Waals surface area contributed by atoms with Gasteiger partial charge in [-0.2, -0.15) is 0 Å². The van der Waals surface area contributed by atoms with Gasteiger partial charge in [0, 0.05) is 19.6 Å². The van der Waals surface area contributed by atoms with E-state index in [-0.39, 0.29) is 6.61 Å². The summed E-state index contributed by atoms with van der Waals surface area (Å²) in [4.78, 5) is 2.28. The minimum absolute atomic E-state index is 0.276. The quantitative estimate of drug-likeness (QED) is 0.567. The summed E-state index contributed by atoms with van der Waals surface area (Å²) in [7, 11) is 0. The zero-order valence-corrected chi connectivity index (χ0v) is 6.51. The molecular weight excluding hydrogens is 128 g/mol. The first-order valence-electron chi connectivity index (χ1n) is 3.96. The summed E-state index contributed by atoms with van der Waals surface area (Å²) in [5.74, 6) is 0. The van der Waals surface area contributed by atoms with Crippen molar-refractivity contribution in [3.05, 3.63) is 0 Å². The highest BCUT2D eigenvalue weighted by Gasteiger charge is 2.20. The predicted molar refractivity (Wildman–Crippen MR) is 40.7 cm³/mol. The van der Waals surface area contributed by atoms with Crippen LogP contribution in [0, 0.1) is 0 Å². The van der Waals surface area contributed by atoms with E-state index in [1.165, 1.54) is 0 Å². The first-order chi connectivity index (χ1) is 4.88. The van der Waals surface area contributed by atoms with E-state index < -0.39 is 0 Å². The van der Waals surface area contributed by atoms with Crippen LogP contribution in [-0.4, -0.2) is 42.4 Å². The average molecular weight is 144 g/mol. The Bertz CT molecular complexity index is 97.6. The highest BCUT2D eigenvalue weighted by molar-refractivity contribution is 4.75. The van der Waals surface area contributed by atoms with Crippen LogP contribution >= 0.6 is 0 Å². The smallest absolute Gasteiger partial charge is 0.0596 e. The molecule has 1 fully saturated rings. The molecular formula is C7H16N2O. The molecule has 1 rings (SSSR count). The minimum Gasteiger partial charge on any atom is -0.395 e. The van der Waals surface area contributed by atoms with Crippen LogP contribution in [0.4, 0.5) is 0 Å². The van der Waals surface area contributed by atoms with Crippen LogP contribution < -0.4 is 5.32 Å². The van der Waals surface area contributed by atoms with Gasteiger partial charge in [-0.25, -0.2) is 0 Å². The van der Waals surface area contributed by atoms with Gasteiger partial charge in [-0.15, -0.1) is 0 Å². The monoisotopic (exact) mass is 144 g/mol. The second kappa shape index (κ2) is 3.91. The van der Waals surface area contributed by atoms with Crippen molar-refractivity contribution in [2.24, 2.45) is 0 Å². The van der Waals surface area contributed by atoms with Crippen LogP contribution in [0.1, 0.15) is 13.3 Å². The molecule has 60 valence electrons. The highest BCUT2D eigenvalue weighted by Crippen LogP contribution is 2.04. The van der Waals surface area contributed by atoms with Crippen molar-refractivity contribution >= 4 is 0 Å². The van der Waals surface area contributed by atoms with Gasteiger partial charge in [0.2, 0.25) is 0 Å². The van der Waals surface area contributed by atoms with Crippen LogP contribution in [0.3, 0.4) is 0 Å². The Hall–Kier alpha value is -0.120. The van der Waals surface area contributed by atoms with Crippen molar-refractivity contribution in [2.45, 2.75) is 19.5 Å². The van der Waals surface area contributed by atoms with E-state index in [4.69, 9.17) is 5.11 Å². The fourth-order valence-corrected chi connectivity index (χ4v) is 1.46. The van der Waals surface area contributed by atoms with Gasteiger partial charge < -0.3 is 10.4 Å². The Kier molecular flexibility index (Phi) is 3.12. The maximum absolute atomic E-state index is 8.67. The third-order valence-corrected chi connectivity index (χ3v) is 1.99. The average Bonchev–Trinajstić information content (AvgIpc) is 2.36. The van der Waals surface area contributed by atoms with Gasteiger partial charge in [0.1, 0.15) is 0 Å². The standard InChI is InChI=1S/C7H16N2O/c1-2-7-8-3-4-9(7)5-6-10/h7-8,10H,2-6H2,1H3. The van der Waals surface area contributed by atoms with Gasteiger partial charge in [0.15, 0.2) is 0 Å². The lowest BCUT2D eigenvalue weighted by Crippen LogP contribution is -2.36. The number of aliphatic hydroxyl groups excluding tert-OH is 1. The molecule has 3 nitrogen and oxygen atoms in total. The second-order valence-electron chi connectivity index (χ2n) is 2.64. The molecule has 0 aromatic rings. The summed E-state index contributed by atoms with van der Waals surface area (Å²) in [6.45, 7) is 5.40. The van der Waals surface area contributed by atoms with E-state index in [0.29, 0.717) is 6.17 Å². The van der Waals surface area contributed by atoms with E-state index in [1.807, 2.05) is 0 Å². The Morgan fingerprint density at radius 2 is 2.50 bits per heavy atom. The molecule has 3 heteroatoms. The van der Waals surface area contributed by atoms with E-state index >= 15 is 0 Å². The lowest BCUT2D eigenvalue weighted by Gasteiger charge is -2.21. The molecule has 1 saturated heterocycles. The fraction of sp³-hybridized carbons (Fsp3) is 1.00. The summed E-state index contributed by atoms with van der Waals surface area (Å²) in [5, 5.41) is 12.0. The molecule has 1 atom stereocenters. The topological polar surface area (TPSA) is 35.5 Å². The molecule has 0 aromatic carbocycles. The largest absolute Gasteiger partial charge is 0.395 e. The number of nitrogens with zero attached hydrogens (tertiary/aromatic N) is 1. The van der Waals surface area contributed by atoms with E-state index in [0.717, 1.165) is 26.1 Å². The number of β-amino-alcohol motifs (C(OH)–C–C–N with tert-alkyl or cyclic N) is 1. The molecule has 2 N–H and O–H groups in total. The van der Waals surface area contributed by atoms with Crippen molar-refractivity contribution in [1.29, 1.82) is 0 Å². The van der Waals surface area contributed by atoms with Crippen molar-refractivity contribution in [3.63, 3.8) is 0 Å². The summed E-state index contributed by atoms with van der Waals surface area (Å²) >= 11 is 0. The Morgan fingerprint density at radius 1 is 1.70 bits per heavy atom. The molecule has 1 heterocycles. The summed E-state index contributed by atoms with van der Waals surface area (Å²) in [6.07, 6.45) is 1.63. The van der Waals surface area contributed by atoms with E-state index in [1.54, 1.807) is 0 Å². The van der Waals surface area contributed by atoms with Gasteiger partial charge in [-0.3, -0.25) is 4.90 Å². The van der Waals surface area contributed by atoms with Gasteiger partial charge >= 0.3 is 0 Å². The van der Waals surface area contributed by atoms with E-state index in [2.05, 4.69) is 17.1 Å². The summed E-state index contributed by atoms with van der Waals surface area (Å²) in [5.41, 5.74) is 0. The van der Waals surface area contributed by atoms with Gasteiger partial charge in [0.25, 0.3) is 0 Å². The molecule has 0 saturated carbocycles. The molecule has 1 unspecified atom stereocenters. The first-order valence-corrected chi connectivity index (χ1v) is 3.96. The molecule has 10 heavy (non-hydrogen) atoms. The van der Waals surface area contributed by atoms with Crippen LogP contribution in [0.2, 0.25) is 0 Å². The zero-order chi connectivity index (χ0) is 7.40. The number of nitrogens with one attached hydrogen (secondary N) is 1. The van der Waals surface area contributed by atoms with Crippen molar-refractivity contribution in [1.82, 2.24) is 10.2 Å². The van der Waals surface area contributed by atoms with Crippen LogP contribution in [0.5, 0.6) is 0 Å². The third kappa shape index (κ3) is 1.68. The Labute approximate surface area is 62.0 Å². The second-order valence-corrected chi connectivity index (χ2v) is 2.64. The van der Waals surface area contributed by atoms with Crippen LogP contribution in [-0.2, 0) is 0 Å². The van der Waals surface area contributed by atoms with Crippen LogP contribution in [0.25, 0.3) is 0 Å². The fourth-order valence-electron chi connectivity index (χ4n) is 1.46. The predicted octanol–water partition coefficient (Wildman–Crippen LogP) is -0.380. The number of rotatable bonds is 3. The maximum atomic E-state index is 8.67. The van der Waals surface area contributed by atoms with Crippen LogP contribution in [0.15, 0.2) is 0 Å². The molecule has 0 radical (unpaired) electrons. The zero-order valence-electron chi connectivity index (χ0n) is 6.51. The number of aliphatic hydroxyl groups is 1. The van der Waals surface area contributed by atoms with E-state index in [9.17, 15) is 0 Å². The Morgan fingerprint density at radius 3 is 3.10 bits per heavy atom. The van der Waals surface area contributed by atoms with Gasteiger partial charge in [0.05, 0.1) is 12.8 Å². The molecule has 0 spiro atoms. The third-order valence-electron chi connectivity index (χ3n) is 1.99. The highest BCUT2D eigenvalue weighted by atomic mass is 16.3. The summed E-state index contributed by atoms with van der Waals surface area (Å²) < 4.78 is 0. The minimum atomic E-state index is 0.276. The molecule has 0 aromatic heterocycles. The molecule has 0 amide bonds. The summed E-state index contributed by atoms with van der Waals surface area (Å²) in [6, 6.07) is 0. The lowest BCUT2D eigenvalue weighted by molar-refractivity contribution is 0.176. The molecule has 0 aliphatic carbocycles. The number of hydrogen-bond donors (Lipinski definition) is 2. The maximum Gasteiger partial charge on any atom is 0.0596 e. The van der Waals surface area contributed by atoms with Crippen molar-refractivity contribution in [2.75, 3.05) is 26.2 Å². The van der Waals surface area contributed by atoms with Crippen molar-refractivity contribution in [3.8, 4) is 0 Å². The molecule has 1 aliphatic rings. The first kappa shape index (κ1) is 7.98. The van der Waals surface area contributed by atoms with Gasteiger partial charge in [-0.1, -0.05) is 6.92 Å². The van der Waals surface area contributed by atoms with Crippen molar-refractivity contribution < 1.29 is 5.11 Å².